The van der Waals surface area contributed by atoms with E-state index in [1.807, 2.05) is 13.1 Å². The molecular weight excluding hydrogens is 414 g/mol. The summed E-state index contributed by atoms with van der Waals surface area (Å²) in [5.74, 6) is 2.18. The van der Waals surface area contributed by atoms with E-state index in [1.165, 1.54) is 12.0 Å². The fourth-order valence-corrected chi connectivity index (χ4v) is 10.4. The normalized spacial score (nSPS) is 47.7. The van der Waals surface area contributed by atoms with Crippen LogP contribution in [0.1, 0.15) is 97.8 Å². The minimum atomic E-state index is -0.847. The first-order valence-electron chi connectivity index (χ1n) is 13.3. The molecule has 3 N–H and O–H groups in total. The van der Waals surface area contributed by atoms with Crippen LogP contribution in [0.3, 0.4) is 0 Å². The highest BCUT2D eigenvalue weighted by atomic mass is 16.5. The van der Waals surface area contributed by atoms with Gasteiger partial charge in [-0.3, -0.25) is 0 Å². The van der Waals surface area contributed by atoms with Crippen LogP contribution < -0.4 is 0 Å². The molecule has 1 aromatic rings. The van der Waals surface area contributed by atoms with Gasteiger partial charge in [0.2, 0.25) is 0 Å². The Morgan fingerprint density at radius 1 is 1.09 bits per heavy atom. The van der Waals surface area contributed by atoms with Gasteiger partial charge < -0.3 is 19.8 Å². The van der Waals surface area contributed by atoms with E-state index in [2.05, 4.69) is 39.8 Å². The van der Waals surface area contributed by atoms with Crippen LogP contribution in [0.2, 0.25) is 0 Å². The van der Waals surface area contributed by atoms with Crippen molar-refractivity contribution in [1.82, 2.24) is 5.16 Å². The molecule has 0 aromatic carbocycles. The number of aliphatic hydroxyl groups excluding tert-OH is 2. The number of aromatic nitrogens is 1. The summed E-state index contributed by atoms with van der Waals surface area (Å²) < 4.78 is 5.78. The van der Waals surface area contributed by atoms with Crippen molar-refractivity contribution >= 4 is 0 Å². The fraction of sp³-hybridized carbons (Fsp3) is 0.893. The molecule has 1 heterocycles. The van der Waals surface area contributed by atoms with Gasteiger partial charge in [-0.1, -0.05) is 39.8 Å². The molecule has 0 saturated heterocycles. The summed E-state index contributed by atoms with van der Waals surface area (Å²) in [6.07, 6.45) is 8.87. The maximum absolute atomic E-state index is 11.8. The Hall–Kier alpha value is -0.910. The molecule has 5 nitrogen and oxygen atoms in total. The Bertz CT molecular complexity index is 907. The fourth-order valence-electron chi connectivity index (χ4n) is 10.4. The molecule has 9 atom stereocenters. The third-order valence-corrected chi connectivity index (χ3v) is 12.0. The van der Waals surface area contributed by atoms with Crippen molar-refractivity contribution in [3.63, 3.8) is 0 Å². The summed E-state index contributed by atoms with van der Waals surface area (Å²) in [6.45, 7) is 14.1. The molecule has 0 unspecified atom stereocenters. The molecule has 3 saturated carbocycles. The average Bonchev–Trinajstić information content (AvgIpc) is 3.34. The Labute approximate surface area is 199 Å². The zero-order valence-corrected chi connectivity index (χ0v) is 21.5. The molecule has 0 radical (unpaired) electrons. The summed E-state index contributed by atoms with van der Waals surface area (Å²) >= 11 is 0. The van der Waals surface area contributed by atoms with Crippen LogP contribution in [0.4, 0.5) is 0 Å². The molecule has 5 heteroatoms. The van der Waals surface area contributed by atoms with Crippen molar-refractivity contribution < 1.29 is 19.8 Å². The summed E-state index contributed by atoms with van der Waals surface area (Å²) in [4.78, 5) is 0. The maximum Gasteiger partial charge on any atom is 0.145 e. The molecule has 0 spiro atoms. The van der Waals surface area contributed by atoms with E-state index in [-0.39, 0.29) is 40.1 Å². The second kappa shape index (κ2) is 7.30. The summed E-state index contributed by atoms with van der Waals surface area (Å²) in [5.41, 5.74) is 0.545. The van der Waals surface area contributed by atoms with Crippen molar-refractivity contribution in [2.45, 2.75) is 110 Å². The highest BCUT2D eigenvalue weighted by Gasteiger charge is 2.71. The van der Waals surface area contributed by atoms with Gasteiger partial charge in [0.25, 0.3) is 0 Å². The van der Waals surface area contributed by atoms with E-state index in [0.717, 1.165) is 37.9 Å². The highest BCUT2D eigenvalue weighted by Crippen LogP contribution is 2.75. The maximum atomic E-state index is 11.8. The lowest BCUT2D eigenvalue weighted by atomic mass is 9.35. The van der Waals surface area contributed by atoms with Gasteiger partial charge >= 0.3 is 0 Å². The van der Waals surface area contributed by atoms with Crippen molar-refractivity contribution in [3.05, 3.63) is 17.5 Å². The molecule has 0 aliphatic heterocycles. The highest BCUT2D eigenvalue weighted by molar-refractivity contribution is 5.32. The number of rotatable bonds is 4. The molecule has 4 aliphatic rings. The smallest absolute Gasteiger partial charge is 0.145 e. The molecule has 33 heavy (non-hydrogen) atoms. The molecule has 3 fully saturated rings. The number of fused-ring (bicyclic) bond motifs is 6. The minimum Gasteiger partial charge on any atom is -0.396 e. The summed E-state index contributed by atoms with van der Waals surface area (Å²) in [5, 5.41) is 36.8. The first-order chi connectivity index (χ1) is 15.3. The average molecular weight is 460 g/mol. The van der Waals surface area contributed by atoms with Crippen LogP contribution >= 0.6 is 0 Å². The van der Waals surface area contributed by atoms with Gasteiger partial charge in [-0.15, -0.1) is 0 Å². The zero-order chi connectivity index (χ0) is 24.0. The lowest BCUT2D eigenvalue weighted by Crippen LogP contribution is -2.66. The Kier molecular flexibility index (Phi) is 5.27. The SMILES string of the molecule is CC1(C)c2oncc2C[C@]2(C)[C@H]3C[C@@H](O)[C@@H]4[C@@H]([C@@](C)(O)CCCO)CC[C@@]4(C)[C@]3(C)CC[C@@H]12. The summed E-state index contributed by atoms with van der Waals surface area (Å²) in [7, 11) is 0. The van der Waals surface area contributed by atoms with E-state index in [1.54, 1.807) is 0 Å². The van der Waals surface area contributed by atoms with E-state index < -0.39 is 11.7 Å². The number of aliphatic hydroxyl groups is 3. The topological polar surface area (TPSA) is 86.7 Å². The minimum absolute atomic E-state index is 0.00372. The van der Waals surface area contributed by atoms with E-state index in [4.69, 9.17) is 4.52 Å². The second-order valence-corrected chi connectivity index (χ2v) is 13.7. The van der Waals surface area contributed by atoms with Crippen LogP contribution in [0.15, 0.2) is 10.7 Å². The van der Waals surface area contributed by atoms with Crippen molar-refractivity contribution in [2.75, 3.05) is 6.61 Å². The van der Waals surface area contributed by atoms with Crippen LogP contribution in [0.5, 0.6) is 0 Å². The van der Waals surface area contributed by atoms with Crippen LogP contribution in [-0.4, -0.2) is 38.8 Å². The molecule has 0 bridgehead atoms. The van der Waals surface area contributed by atoms with Crippen molar-refractivity contribution in [2.24, 2.45) is 39.9 Å². The predicted octanol–water partition coefficient (Wildman–Crippen LogP) is 4.87. The largest absolute Gasteiger partial charge is 0.396 e. The van der Waals surface area contributed by atoms with Crippen LogP contribution in [-0.2, 0) is 11.8 Å². The van der Waals surface area contributed by atoms with Gasteiger partial charge in [0.1, 0.15) is 5.76 Å². The number of hydrogen-bond acceptors (Lipinski definition) is 5. The Morgan fingerprint density at radius 2 is 1.79 bits per heavy atom. The molecule has 4 aliphatic carbocycles. The van der Waals surface area contributed by atoms with Crippen LogP contribution in [0.25, 0.3) is 0 Å². The van der Waals surface area contributed by atoms with E-state index in [0.29, 0.717) is 24.7 Å². The van der Waals surface area contributed by atoms with Crippen molar-refractivity contribution in [3.8, 4) is 0 Å². The molecule has 5 rings (SSSR count). The van der Waals surface area contributed by atoms with Crippen molar-refractivity contribution in [1.29, 1.82) is 0 Å². The standard InChI is InChI=1S/C28H45NO4/c1-24(2)20-9-12-26(4)21(25(20,3)15-17-16-29-33-23(17)24)14-19(31)22-18(8-11-27(22,26)5)28(6,32)10-7-13-30/h16,18-22,30-32H,7-15H2,1-6H3/t18-,19+,20-,21+,22-,25-,26+,27+,28-/m0/s1. The third kappa shape index (κ3) is 2.97. The Balaban J connectivity index is 1.54. The van der Waals surface area contributed by atoms with Gasteiger partial charge in [-0.25, -0.2) is 0 Å². The zero-order valence-electron chi connectivity index (χ0n) is 21.5. The first kappa shape index (κ1) is 23.8. The first-order valence-corrected chi connectivity index (χ1v) is 13.3. The van der Waals surface area contributed by atoms with Gasteiger partial charge in [-0.2, -0.15) is 0 Å². The second-order valence-electron chi connectivity index (χ2n) is 13.7. The number of nitrogens with zero attached hydrogens (tertiary/aromatic N) is 1. The lowest BCUT2D eigenvalue weighted by Gasteiger charge is -2.69. The molecule has 186 valence electrons. The monoisotopic (exact) mass is 459 g/mol. The van der Waals surface area contributed by atoms with Gasteiger partial charge in [0.05, 0.1) is 17.9 Å². The quantitative estimate of drug-likeness (QED) is 0.598. The Morgan fingerprint density at radius 3 is 2.48 bits per heavy atom. The van der Waals surface area contributed by atoms with E-state index in [9.17, 15) is 15.3 Å². The molecular formula is C28H45NO4. The molecule has 0 amide bonds. The number of hydrogen-bond donors (Lipinski definition) is 3. The predicted molar refractivity (Wildman–Crippen MR) is 128 cm³/mol. The lowest BCUT2D eigenvalue weighted by molar-refractivity contribution is -0.224. The third-order valence-electron chi connectivity index (χ3n) is 12.0. The summed E-state index contributed by atoms with van der Waals surface area (Å²) in [6, 6.07) is 0. The van der Waals surface area contributed by atoms with Gasteiger partial charge in [0.15, 0.2) is 0 Å². The van der Waals surface area contributed by atoms with Gasteiger partial charge in [-0.05, 0) is 98.2 Å². The molecule has 1 aromatic heterocycles. The van der Waals surface area contributed by atoms with E-state index >= 15 is 0 Å². The van der Waals surface area contributed by atoms with Gasteiger partial charge in [0, 0.05) is 17.6 Å². The van der Waals surface area contributed by atoms with Crippen LogP contribution in [0, 0.1) is 39.9 Å².